The summed E-state index contributed by atoms with van der Waals surface area (Å²) in [6, 6.07) is 6.34. The molecule has 1 aliphatic carbocycles. The van der Waals surface area contributed by atoms with Crippen molar-refractivity contribution in [3.05, 3.63) is 35.4 Å². The van der Waals surface area contributed by atoms with E-state index in [1.54, 1.807) is 14.0 Å². The van der Waals surface area contributed by atoms with Crippen LogP contribution >= 0.6 is 0 Å². The fraction of sp³-hybridized carbons (Fsp3) is 0.522. The molecule has 0 aromatic heterocycles. The maximum Gasteiger partial charge on any atom is 0.246 e. The zero-order valence-corrected chi connectivity index (χ0v) is 17.6. The number of nitrogens with one attached hydrogen (secondary N) is 3. The lowest BCUT2D eigenvalue weighted by molar-refractivity contribution is -0.150. The third kappa shape index (κ3) is 4.65. The Balaban J connectivity index is 1.64. The Kier molecular flexibility index (Phi) is 7.11. The molecule has 0 radical (unpaired) electrons. The van der Waals surface area contributed by atoms with Crippen LogP contribution in [0.2, 0.25) is 0 Å². The molecule has 3 N–H and O–H groups in total. The molecular weight excluding hydrogens is 380 g/mol. The Bertz CT molecular complexity index is 847. The summed E-state index contributed by atoms with van der Waals surface area (Å²) in [5.74, 6) is 1.70. The third-order valence-electron chi connectivity index (χ3n) is 6.05. The second-order valence-electron chi connectivity index (χ2n) is 7.97. The number of fused-ring (bicyclic) bond motifs is 1. The summed E-state index contributed by atoms with van der Waals surface area (Å²) in [6.45, 7) is 2.19. The third-order valence-corrected chi connectivity index (χ3v) is 6.05. The van der Waals surface area contributed by atoms with Crippen molar-refractivity contribution >= 4 is 17.7 Å². The predicted octanol–water partition coefficient (Wildman–Crippen LogP) is 0.897. The highest BCUT2D eigenvalue weighted by Crippen LogP contribution is 2.30. The summed E-state index contributed by atoms with van der Waals surface area (Å²) < 4.78 is 0. The fourth-order valence-corrected chi connectivity index (χ4v) is 4.04. The molecule has 1 aliphatic heterocycles. The quantitative estimate of drug-likeness (QED) is 0.583. The number of carbonyl (C=O) groups excluding carboxylic acids is 3. The van der Waals surface area contributed by atoms with Gasteiger partial charge in [0.15, 0.2) is 0 Å². The maximum atomic E-state index is 13.0. The van der Waals surface area contributed by atoms with Crippen molar-refractivity contribution in [3.63, 3.8) is 0 Å². The van der Waals surface area contributed by atoms with Crippen molar-refractivity contribution in [2.45, 2.75) is 63.2 Å². The normalized spacial score (nSPS) is 22.0. The molecule has 4 unspecified atom stereocenters. The average molecular weight is 411 g/mol. The highest BCUT2D eigenvalue weighted by Gasteiger charge is 2.41. The molecule has 7 heteroatoms. The number of carbonyl (C=O) groups is 3. The SMILES string of the molecule is C#CCC(NC(=O)C(C)NC)C(=O)N1CCC1C(=O)NC1CCCc2ccccc21. The van der Waals surface area contributed by atoms with Gasteiger partial charge in [-0.1, -0.05) is 24.3 Å². The van der Waals surface area contributed by atoms with Crippen LogP contribution in [0.25, 0.3) is 0 Å². The minimum Gasteiger partial charge on any atom is -0.347 e. The second kappa shape index (κ2) is 9.77. The molecule has 3 amide bonds. The Morgan fingerprint density at radius 2 is 2.03 bits per heavy atom. The number of rotatable bonds is 7. The Hall–Kier alpha value is -2.85. The first-order chi connectivity index (χ1) is 14.5. The van der Waals surface area contributed by atoms with Crippen molar-refractivity contribution < 1.29 is 14.4 Å². The van der Waals surface area contributed by atoms with Crippen molar-refractivity contribution in [1.29, 1.82) is 0 Å². The maximum absolute atomic E-state index is 13.0. The summed E-state index contributed by atoms with van der Waals surface area (Å²) in [4.78, 5) is 39.6. The van der Waals surface area contributed by atoms with Crippen LogP contribution in [0.3, 0.4) is 0 Å². The molecule has 1 aromatic rings. The van der Waals surface area contributed by atoms with Crippen LogP contribution in [0.4, 0.5) is 0 Å². The number of likely N-dealkylation sites (N-methyl/N-ethyl adjacent to an activating group) is 1. The van der Waals surface area contributed by atoms with Crippen LogP contribution in [0.1, 0.15) is 49.8 Å². The molecule has 7 nitrogen and oxygen atoms in total. The number of amides is 3. The Labute approximate surface area is 178 Å². The summed E-state index contributed by atoms with van der Waals surface area (Å²) in [5.41, 5.74) is 2.43. The molecular formula is C23H30N4O3. The summed E-state index contributed by atoms with van der Waals surface area (Å²) in [5, 5.41) is 8.67. The van der Waals surface area contributed by atoms with Crippen molar-refractivity contribution in [1.82, 2.24) is 20.9 Å². The van der Waals surface area contributed by atoms with E-state index < -0.39 is 18.1 Å². The van der Waals surface area contributed by atoms with E-state index in [0.29, 0.717) is 13.0 Å². The van der Waals surface area contributed by atoms with Gasteiger partial charge in [0, 0.05) is 13.0 Å². The monoisotopic (exact) mass is 410 g/mol. The van der Waals surface area contributed by atoms with E-state index >= 15 is 0 Å². The van der Waals surface area contributed by atoms with E-state index in [4.69, 9.17) is 6.42 Å². The number of benzene rings is 1. The van der Waals surface area contributed by atoms with Gasteiger partial charge in [-0.2, -0.15) is 0 Å². The molecule has 4 atom stereocenters. The highest BCUT2D eigenvalue weighted by atomic mass is 16.2. The number of terminal acetylenes is 1. The first kappa shape index (κ1) is 21.8. The van der Waals surface area contributed by atoms with Gasteiger partial charge >= 0.3 is 0 Å². The lowest BCUT2D eigenvalue weighted by atomic mass is 9.87. The first-order valence-corrected chi connectivity index (χ1v) is 10.6. The van der Waals surface area contributed by atoms with Crippen LogP contribution < -0.4 is 16.0 Å². The van der Waals surface area contributed by atoms with E-state index in [0.717, 1.165) is 24.8 Å². The van der Waals surface area contributed by atoms with E-state index in [9.17, 15) is 14.4 Å². The molecule has 160 valence electrons. The minimum absolute atomic E-state index is 0.0299. The van der Waals surface area contributed by atoms with Gasteiger partial charge in [0.25, 0.3) is 0 Å². The minimum atomic E-state index is -0.829. The molecule has 1 aromatic carbocycles. The van der Waals surface area contributed by atoms with E-state index in [1.165, 1.54) is 10.5 Å². The molecule has 1 saturated heterocycles. The molecule has 1 heterocycles. The number of nitrogens with zero attached hydrogens (tertiary/aromatic N) is 1. The van der Waals surface area contributed by atoms with Crippen molar-refractivity contribution in [2.24, 2.45) is 0 Å². The molecule has 0 spiro atoms. The number of hydrogen-bond acceptors (Lipinski definition) is 4. The predicted molar refractivity (Wildman–Crippen MR) is 114 cm³/mol. The van der Waals surface area contributed by atoms with Gasteiger partial charge in [-0.3, -0.25) is 14.4 Å². The van der Waals surface area contributed by atoms with Gasteiger partial charge in [0.2, 0.25) is 17.7 Å². The zero-order chi connectivity index (χ0) is 21.7. The Morgan fingerprint density at radius 3 is 2.70 bits per heavy atom. The van der Waals surface area contributed by atoms with Gasteiger partial charge in [0.1, 0.15) is 12.1 Å². The topological polar surface area (TPSA) is 90.5 Å². The van der Waals surface area contributed by atoms with Gasteiger partial charge in [-0.05, 0) is 50.8 Å². The van der Waals surface area contributed by atoms with Gasteiger partial charge in [-0.25, -0.2) is 0 Å². The number of hydrogen-bond donors (Lipinski definition) is 3. The van der Waals surface area contributed by atoms with Gasteiger partial charge < -0.3 is 20.9 Å². The van der Waals surface area contributed by atoms with Crippen LogP contribution in [0.15, 0.2) is 24.3 Å². The van der Waals surface area contributed by atoms with Crippen LogP contribution in [0, 0.1) is 12.3 Å². The molecule has 1 fully saturated rings. The largest absolute Gasteiger partial charge is 0.347 e. The first-order valence-electron chi connectivity index (χ1n) is 10.6. The second-order valence-corrected chi connectivity index (χ2v) is 7.97. The van der Waals surface area contributed by atoms with Crippen LogP contribution in [-0.4, -0.2) is 54.3 Å². The van der Waals surface area contributed by atoms with Crippen molar-refractivity contribution in [2.75, 3.05) is 13.6 Å². The lowest BCUT2D eigenvalue weighted by Gasteiger charge is -2.42. The molecule has 30 heavy (non-hydrogen) atoms. The van der Waals surface area contributed by atoms with E-state index in [-0.39, 0.29) is 30.2 Å². The molecule has 0 bridgehead atoms. The Morgan fingerprint density at radius 1 is 1.27 bits per heavy atom. The average Bonchev–Trinajstić information content (AvgIpc) is 2.72. The van der Waals surface area contributed by atoms with E-state index in [2.05, 4.69) is 34.0 Å². The van der Waals surface area contributed by atoms with Crippen LogP contribution in [0.5, 0.6) is 0 Å². The summed E-state index contributed by atoms with van der Waals surface area (Å²) >= 11 is 0. The lowest BCUT2D eigenvalue weighted by Crippen LogP contribution is -2.63. The van der Waals surface area contributed by atoms with Gasteiger partial charge in [-0.15, -0.1) is 12.3 Å². The zero-order valence-electron chi connectivity index (χ0n) is 17.6. The fourth-order valence-electron chi connectivity index (χ4n) is 4.04. The smallest absolute Gasteiger partial charge is 0.246 e. The van der Waals surface area contributed by atoms with Crippen molar-refractivity contribution in [3.8, 4) is 12.3 Å². The summed E-state index contributed by atoms with van der Waals surface area (Å²) in [7, 11) is 1.67. The highest BCUT2D eigenvalue weighted by molar-refractivity contribution is 5.94. The number of likely N-dealkylation sites (tertiary alicyclic amines) is 1. The number of aryl methyl sites for hydroxylation is 1. The molecule has 3 rings (SSSR count). The summed E-state index contributed by atoms with van der Waals surface area (Å²) in [6.07, 6.45) is 9.04. The molecule has 0 saturated carbocycles. The van der Waals surface area contributed by atoms with Crippen LogP contribution in [-0.2, 0) is 20.8 Å². The van der Waals surface area contributed by atoms with Gasteiger partial charge in [0.05, 0.1) is 12.1 Å². The molecule has 2 aliphatic rings. The standard InChI is InChI=1S/C23H30N4O3/c1-4-8-19(26-21(28)15(2)24-3)23(30)27-14-13-20(27)22(29)25-18-12-7-10-16-9-5-6-11-17(16)18/h1,5-6,9,11,15,18-20,24H,7-8,10,12-14H2,2-3H3,(H,25,29)(H,26,28). The van der Waals surface area contributed by atoms with E-state index in [1.807, 2.05) is 12.1 Å².